The first-order valence-electron chi connectivity index (χ1n) is 5.07. The topological polar surface area (TPSA) is 20.2 Å². The van der Waals surface area contributed by atoms with Gasteiger partial charge in [0.1, 0.15) is 5.60 Å². The summed E-state index contributed by atoms with van der Waals surface area (Å²) in [6.07, 6.45) is 8.93. The molecule has 0 aromatic carbocycles. The lowest BCUT2D eigenvalue weighted by Gasteiger charge is -2.47. The molecule has 2 saturated carbocycles. The Morgan fingerprint density at radius 3 is 2.31 bits per heavy atom. The van der Waals surface area contributed by atoms with Crippen LogP contribution in [-0.2, 0) is 0 Å². The van der Waals surface area contributed by atoms with Gasteiger partial charge in [-0.05, 0) is 25.2 Å². The van der Waals surface area contributed by atoms with Gasteiger partial charge >= 0.3 is 0 Å². The van der Waals surface area contributed by atoms with E-state index in [4.69, 9.17) is 6.42 Å². The van der Waals surface area contributed by atoms with E-state index < -0.39 is 5.60 Å². The van der Waals surface area contributed by atoms with E-state index in [1.807, 2.05) is 0 Å². The quantitative estimate of drug-likeness (QED) is 0.564. The number of hydrogen-bond donors (Lipinski definition) is 1. The summed E-state index contributed by atoms with van der Waals surface area (Å²) in [5.74, 6) is 3.27. The summed E-state index contributed by atoms with van der Waals surface area (Å²) in [5, 5.41) is 10.5. The lowest BCUT2D eigenvalue weighted by atomic mass is 9.61. The Bertz CT molecular complexity index is 279. The van der Waals surface area contributed by atoms with Gasteiger partial charge in [-0.1, -0.05) is 26.7 Å². The molecular weight excluding hydrogens is 160 g/mol. The zero-order valence-electron chi connectivity index (χ0n) is 8.72. The summed E-state index contributed by atoms with van der Waals surface area (Å²) < 4.78 is 0. The third-order valence-corrected chi connectivity index (χ3v) is 4.78. The van der Waals surface area contributed by atoms with Crippen LogP contribution >= 0.6 is 0 Å². The van der Waals surface area contributed by atoms with Gasteiger partial charge in [-0.3, -0.25) is 0 Å². The summed E-state index contributed by atoms with van der Waals surface area (Å²) >= 11 is 0. The monoisotopic (exact) mass is 178 g/mol. The zero-order chi connectivity index (χ0) is 9.91. The molecule has 0 aromatic heterocycles. The fourth-order valence-corrected chi connectivity index (χ4v) is 3.62. The Kier molecular flexibility index (Phi) is 1.48. The van der Waals surface area contributed by atoms with Gasteiger partial charge in [-0.2, -0.15) is 0 Å². The maximum atomic E-state index is 10.5. The molecule has 0 spiro atoms. The smallest absolute Gasteiger partial charge is 0.135 e. The predicted molar refractivity (Wildman–Crippen MR) is 53.0 cm³/mol. The van der Waals surface area contributed by atoms with Crippen molar-refractivity contribution in [3.8, 4) is 12.3 Å². The van der Waals surface area contributed by atoms with Crippen LogP contribution in [-0.4, -0.2) is 10.7 Å². The molecule has 0 heterocycles. The molecule has 0 radical (unpaired) electrons. The fourth-order valence-electron chi connectivity index (χ4n) is 3.62. The zero-order valence-corrected chi connectivity index (χ0v) is 8.72. The molecule has 1 nitrogen and oxygen atoms in total. The molecule has 0 unspecified atom stereocenters. The molecule has 13 heavy (non-hydrogen) atoms. The standard InChI is InChI=1S/C12H18O/c1-5-12(13)10(2,3)9-6-7-11(12,4)8-9/h1,9,13H,6-8H2,2-4H3/t9-,11+,12-/m1/s1. The third kappa shape index (κ3) is 0.742. The van der Waals surface area contributed by atoms with Crippen molar-refractivity contribution in [3.05, 3.63) is 0 Å². The number of fused-ring (bicyclic) bond motifs is 2. The number of aliphatic hydroxyl groups is 1. The second-order valence-corrected chi connectivity index (χ2v) is 5.58. The number of hydrogen-bond acceptors (Lipinski definition) is 1. The molecule has 2 fully saturated rings. The SMILES string of the molecule is C#C[C@@]1(O)C(C)(C)[C@@H]2CC[C@@]1(C)C2. The molecule has 2 bridgehead atoms. The number of rotatable bonds is 0. The maximum Gasteiger partial charge on any atom is 0.135 e. The van der Waals surface area contributed by atoms with Crippen molar-refractivity contribution in [2.75, 3.05) is 0 Å². The van der Waals surface area contributed by atoms with Gasteiger partial charge in [0.25, 0.3) is 0 Å². The minimum atomic E-state index is -0.886. The summed E-state index contributed by atoms with van der Waals surface area (Å²) in [5.41, 5.74) is -1.02. The van der Waals surface area contributed by atoms with Crippen LogP contribution in [0.1, 0.15) is 40.0 Å². The minimum absolute atomic E-state index is 0.0318. The van der Waals surface area contributed by atoms with Crippen molar-refractivity contribution >= 4 is 0 Å². The van der Waals surface area contributed by atoms with Crippen molar-refractivity contribution in [2.45, 2.75) is 45.6 Å². The molecule has 72 valence electrons. The molecule has 0 saturated heterocycles. The lowest BCUT2D eigenvalue weighted by Crippen LogP contribution is -2.52. The van der Waals surface area contributed by atoms with Crippen LogP contribution in [0.15, 0.2) is 0 Å². The molecule has 2 rings (SSSR count). The molecule has 1 N–H and O–H groups in total. The molecular formula is C12H18O. The van der Waals surface area contributed by atoms with Crippen LogP contribution in [0, 0.1) is 29.1 Å². The van der Waals surface area contributed by atoms with Crippen LogP contribution < -0.4 is 0 Å². The van der Waals surface area contributed by atoms with E-state index >= 15 is 0 Å². The Morgan fingerprint density at radius 1 is 1.38 bits per heavy atom. The molecule has 0 amide bonds. The molecule has 3 atom stereocenters. The Morgan fingerprint density at radius 2 is 2.00 bits per heavy atom. The van der Waals surface area contributed by atoms with Crippen LogP contribution in [0.2, 0.25) is 0 Å². The first-order chi connectivity index (χ1) is 5.87. The van der Waals surface area contributed by atoms with Crippen LogP contribution in [0.3, 0.4) is 0 Å². The molecule has 0 aromatic rings. The lowest BCUT2D eigenvalue weighted by molar-refractivity contribution is -0.0952. The molecule has 2 aliphatic rings. The van der Waals surface area contributed by atoms with Crippen LogP contribution in [0.4, 0.5) is 0 Å². The van der Waals surface area contributed by atoms with E-state index in [9.17, 15) is 5.11 Å². The Balaban J connectivity index is 2.53. The van der Waals surface area contributed by atoms with Crippen molar-refractivity contribution in [1.82, 2.24) is 0 Å². The van der Waals surface area contributed by atoms with E-state index in [0.717, 1.165) is 12.8 Å². The van der Waals surface area contributed by atoms with Crippen molar-refractivity contribution < 1.29 is 5.11 Å². The molecule has 2 aliphatic carbocycles. The van der Waals surface area contributed by atoms with E-state index in [1.165, 1.54) is 6.42 Å². The van der Waals surface area contributed by atoms with Crippen molar-refractivity contribution in [3.63, 3.8) is 0 Å². The molecule has 0 aliphatic heterocycles. The van der Waals surface area contributed by atoms with Crippen molar-refractivity contribution in [2.24, 2.45) is 16.7 Å². The maximum absolute atomic E-state index is 10.5. The van der Waals surface area contributed by atoms with E-state index in [0.29, 0.717) is 5.92 Å². The average molecular weight is 178 g/mol. The van der Waals surface area contributed by atoms with Gasteiger partial charge < -0.3 is 5.11 Å². The second-order valence-electron chi connectivity index (χ2n) is 5.58. The largest absolute Gasteiger partial charge is 0.376 e. The van der Waals surface area contributed by atoms with Gasteiger partial charge in [0, 0.05) is 10.8 Å². The normalized spacial score (nSPS) is 52.1. The van der Waals surface area contributed by atoms with Gasteiger partial charge in [-0.25, -0.2) is 0 Å². The Labute approximate surface area is 80.5 Å². The summed E-state index contributed by atoms with van der Waals surface area (Å²) in [6, 6.07) is 0. The predicted octanol–water partition coefficient (Wildman–Crippen LogP) is 2.20. The average Bonchev–Trinajstić information content (AvgIpc) is 2.51. The highest BCUT2D eigenvalue weighted by Crippen LogP contribution is 2.67. The van der Waals surface area contributed by atoms with Gasteiger partial charge in [0.05, 0.1) is 0 Å². The van der Waals surface area contributed by atoms with Crippen molar-refractivity contribution in [1.29, 1.82) is 0 Å². The van der Waals surface area contributed by atoms with Crippen LogP contribution in [0.25, 0.3) is 0 Å². The van der Waals surface area contributed by atoms with E-state index in [-0.39, 0.29) is 10.8 Å². The summed E-state index contributed by atoms with van der Waals surface area (Å²) in [6.45, 7) is 6.37. The van der Waals surface area contributed by atoms with Gasteiger partial charge in [0.15, 0.2) is 0 Å². The highest BCUT2D eigenvalue weighted by atomic mass is 16.3. The Hall–Kier alpha value is -0.480. The first kappa shape index (κ1) is 9.09. The number of terminal acetylenes is 1. The van der Waals surface area contributed by atoms with E-state index in [1.54, 1.807) is 0 Å². The highest BCUT2D eigenvalue weighted by Gasteiger charge is 2.67. The minimum Gasteiger partial charge on any atom is -0.376 e. The second kappa shape index (κ2) is 2.12. The summed E-state index contributed by atoms with van der Waals surface area (Å²) in [4.78, 5) is 0. The van der Waals surface area contributed by atoms with Crippen LogP contribution in [0.5, 0.6) is 0 Å². The van der Waals surface area contributed by atoms with E-state index in [2.05, 4.69) is 26.7 Å². The highest BCUT2D eigenvalue weighted by molar-refractivity contribution is 5.29. The fraction of sp³-hybridized carbons (Fsp3) is 0.833. The van der Waals surface area contributed by atoms with Gasteiger partial charge in [-0.15, -0.1) is 6.42 Å². The summed E-state index contributed by atoms with van der Waals surface area (Å²) in [7, 11) is 0. The first-order valence-corrected chi connectivity index (χ1v) is 5.07. The van der Waals surface area contributed by atoms with Gasteiger partial charge in [0.2, 0.25) is 0 Å². The molecule has 1 heteroatoms. The third-order valence-electron chi connectivity index (χ3n) is 4.78.